The molecule has 0 aliphatic carbocycles. The second kappa shape index (κ2) is 10.8. The molecule has 5 nitrogen and oxygen atoms in total. The molecule has 28 heavy (non-hydrogen) atoms. The first-order chi connectivity index (χ1) is 13.1. The van der Waals surface area contributed by atoms with Gasteiger partial charge in [-0.3, -0.25) is 0 Å². The van der Waals surface area contributed by atoms with Crippen LogP contribution in [0.25, 0.3) is 0 Å². The van der Waals surface area contributed by atoms with Gasteiger partial charge >= 0.3 is 29.6 Å². The number of fused-ring (bicyclic) bond motifs is 1. The van der Waals surface area contributed by atoms with Gasteiger partial charge < -0.3 is 25.2 Å². The van der Waals surface area contributed by atoms with Gasteiger partial charge in [0, 0.05) is 37.0 Å². The van der Waals surface area contributed by atoms with Crippen LogP contribution >= 0.6 is 0 Å². The Morgan fingerprint density at radius 1 is 1.25 bits per heavy atom. The fourth-order valence-electron chi connectivity index (χ4n) is 3.46. The summed E-state index contributed by atoms with van der Waals surface area (Å²) in [6.45, 7) is 2.26. The SMILES string of the molecule is O=C([O-])CCc1ccc(NCc2ccc3c(c2)N(CCO)CCC3)cc1F.[Na+]. The number of carbonyl (C=O) groups is 1. The van der Waals surface area contributed by atoms with E-state index in [0.29, 0.717) is 24.3 Å². The summed E-state index contributed by atoms with van der Waals surface area (Å²) in [5, 5.41) is 23.0. The largest absolute Gasteiger partial charge is 1.00 e. The van der Waals surface area contributed by atoms with E-state index in [1.165, 1.54) is 17.3 Å². The van der Waals surface area contributed by atoms with Crippen LogP contribution in [0.5, 0.6) is 0 Å². The molecule has 0 amide bonds. The first-order valence-corrected chi connectivity index (χ1v) is 9.26. The van der Waals surface area contributed by atoms with Gasteiger partial charge in [0.1, 0.15) is 5.82 Å². The Balaban J connectivity index is 0.00000280. The first-order valence-electron chi connectivity index (χ1n) is 9.26. The molecule has 3 rings (SSSR count). The van der Waals surface area contributed by atoms with Crippen molar-refractivity contribution in [1.82, 2.24) is 0 Å². The summed E-state index contributed by atoms with van der Waals surface area (Å²) in [5.74, 6) is -1.60. The van der Waals surface area contributed by atoms with Crippen molar-refractivity contribution >= 4 is 17.3 Å². The van der Waals surface area contributed by atoms with Crippen molar-refractivity contribution in [2.75, 3.05) is 29.9 Å². The predicted octanol–water partition coefficient (Wildman–Crippen LogP) is -1.13. The first kappa shape index (κ1) is 22.7. The Kier molecular flexibility index (Phi) is 8.76. The van der Waals surface area contributed by atoms with E-state index in [4.69, 9.17) is 0 Å². The van der Waals surface area contributed by atoms with Crippen molar-refractivity contribution in [3.8, 4) is 0 Å². The van der Waals surface area contributed by atoms with Gasteiger partial charge in [0.2, 0.25) is 0 Å². The second-order valence-electron chi connectivity index (χ2n) is 6.81. The normalized spacial score (nSPS) is 12.9. The molecule has 1 aliphatic heterocycles. The minimum Gasteiger partial charge on any atom is -0.550 e. The summed E-state index contributed by atoms with van der Waals surface area (Å²) in [4.78, 5) is 12.7. The van der Waals surface area contributed by atoms with E-state index < -0.39 is 11.8 Å². The van der Waals surface area contributed by atoms with Gasteiger partial charge in [-0.25, -0.2) is 4.39 Å². The molecule has 2 aromatic rings. The molecule has 0 bridgehead atoms. The van der Waals surface area contributed by atoms with E-state index in [1.807, 2.05) is 0 Å². The average Bonchev–Trinajstić information content (AvgIpc) is 2.66. The van der Waals surface area contributed by atoms with Crippen LogP contribution in [0.4, 0.5) is 15.8 Å². The van der Waals surface area contributed by atoms with Crippen molar-refractivity contribution in [1.29, 1.82) is 0 Å². The number of hydrogen-bond acceptors (Lipinski definition) is 5. The Morgan fingerprint density at radius 2 is 2.07 bits per heavy atom. The number of carboxylic acid groups (broad SMARTS) is 1. The number of nitrogens with one attached hydrogen (secondary N) is 1. The smallest absolute Gasteiger partial charge is 0.550 e. The van der Waals surface area contributed by atoms with Gasteiger partial charge in [0.25, 0.3) is 0 Å². The number of aliphatic hydroxyl groups excluding tert-OH is 1. The van der Waals surface area contributed by atoms with Crippen LogP contribution in [-0.4, -0.2) is 30.8 Å². The quantitative estimate of drug-likeness (QED) is 0.555. The van der Waals surface area contributed by atoms with E-state index in [1.54, 1.807) is 12.1 Å². The van der Waals surface area contributed by atoms with Crippen LogP contribution < -0.4 is 44.9 Å². The number of rotatable bonds is 8. The fourth-order valence-corrected chi connectivity index (χ4v) is 3.46. The van der Waals surface area contributed by atoms with Crippen molar-refractivity contribution in [2.24, 2.45) is 0 Å². The molecular formula is C21H24FN2NaO3. The van der Waals surface area contributed by atoms with Gasteiger partial charge in [-0.05, 0) is 60.6 Å². The molecule has 0 saturated carbocycles. The molecule has 0 radical (unpaired) electrons. The van der Waals surface area contributed by atoms with E-state index in [9.17, 15) is 19.4 Å². The fraction of sp³-hybridized carbons (Fsp3) is 0.381. The Bertz CT molecular complexity index is 816. The second-order valence-corrected chi connectivity index (χ2v) is 6.81. The number of β-amino-alcohol motifs (C(OH)–C–C–N with tert-alkyl or cyclic N) is 1. The molecule has 0 atom stereocenters. The number of nitrogens with zero attached hydrogens (tertiary/aromatic N) is 1. The summed E-state index contributed by atoms with van der Waals surface area (Å²) in [6.07, 6.45) is 2.07. The Morgan fingerprint density at radius 3 is 2.79 bits per heavy atom. The average molecular weight is 394 g/mol. The molecule has 144 valence electrons. The maximum atomic E-state index is 14.1. The number of carboxylic acids is 1. The number of hydrogen-bond donors (Lipinski definition) is 2. The number of halogens is 1. The Hall–Kier alpha value is -1.60. The van der Waals surface area contributed by atoms with E-state index in [0.717, 1.165) is 24.9 Å². The standard InChI is InChI=1S/C21H25FN2O3.Na/c22-19-13-18(7-5-16(19)6-8-21(26)27)23-14-15-3-4-17-2-1-9-24(10-11-25)20(17)12-15;/h3-5,7,12-13,23,25H,1-2,6,8-11,14H2,(H,26,27);/q;+1/p-1. The van der Waals surface area contributed by atoms with Crippen molar-refractivity contribution in [3.05, 3.63) is 58.9 Å². The molecule has 0 aromatic heterocycles. The molecule has 1 heterocycles. The van der Waals surface area contributed by atoms with Gasteiger partial charge in [0.15, 0.2) is 0 Å². The van der Waals surface area contributed by atoms with Gasteiger partial charge in [-0.15, -0.1) is 0 Å². The van der Waals surface area contributed by atoms with Crippen LogP contribution in [0.1, 0.15) is 29.5 Å². The molecule has 0 spiro atoms. The van der Waals surface area contributed by atoms with Crippen molar-refractivity contribution in [3.63, 3.8) is 0 Å². The molecule has 1 aliphatic rings. The third-order valence-corrected chi connectivity index (χ3v) is 4.88. The zero-order valence-electron chi connectivity index (χ0n) is 16.2. The number of aryl methyl sites for hydroxylation is 2. The maximum absolute atomic E-state index is 14.1. The van der Waals surface area contributed by atoms with E-state index in [2.05, 4.69) is 28.4 Å². The van der Waals surface area contributed by atoms with Crippen LogP contribution in [0.15, 0.2) is 36.4 Å². The third-order valence-electron chi connectivity index (χ3n) is 4.88. The molecule has 7 heteroatoms. The Labute approximate surface area is 186 Å². The zero-order valence-corrected chi connectivity index (χ0v) is 18.2. The van der Waals surface area contributed by atoms with Crippen molar-refractivity contribution in [2.45, 2.75) is 32.2 Å². The summed E-state index contributed by atoms with van der Waals surface area (Å²) in [6, 6.07) is 11.1. The molecule has 0 fully saturated rings. The van der Waals surface area contributed by atoms with Crippen LogP contribution in [0.2, 0.25) is 0 Å². The molecule has 2 N–H and O–H groups in total. The summed E-state index contributed by atoms with van der Waals surface area (Å²) >= 11 is 0. The van der Waals surface area contributed by atoms with Crippen LogP contribution in [-0.2, 0) is 24.2 Å². The topological polar surface area (TPSA) is 75.6 Å². The third kappa shape index (κ3) is 5.95. The number of anilines is 2. The number of aliphatic hydroxyl groups is 1. The van der Waals surface area contributed by atoms with E-state index in [-0.39, 0.29) is 49.0 Å². The van der Waals surface area contributed by atoms with Gasteiger partial charge in [0.05, 0.1) is 6.61 Å². The van der Waals surface area contributed by atoms with Gasteiger partial charge in [-0.1, -0.05) is 18.2 Å². The number of aliphatic carboxylic acids is 1. The minimum atomic E-state index is -1.18. The van der Waals surface area contributed by atoms with Crippen LogP contribution in [0, 0.1) is 5.82 Å². The predicted molar refractivity (Wildman–Crippen MR) is 101 cm³/mol. The van der Waals surface area contributed by atoms with Crippen molar-refractivity contribution < 1.29 is 49.0 Å². The summed E-state index contributed by atoms with van der Waals surface area (Å²) in [5.41, 5.74) is 4.56. The number of benzene rings is 2. The zero-order chi connectivity index (χ0) is 19.2. The minimum absolute atomic E-state index is 0. The molecule has 0 saturated heterocycles. The summed E-state index contributed by atoms with van der Waals surface area (Å²) < 4.78 is 14.1. The molecule has 0 unspecified atom stereocenters. The molecular weight excluding hydrogens is 370 g/mol. The number of carbonyl (C=O) groups excluding carboxylic acids is 1. The van der Waals surface area contributed by atoms with Crippen LogP contribution in [0.3, 0.4) is 0 Å². The molecule has 2 aromatic carbocycles. The van der Waals surface area contributed by atoms with E-state index >= 15 is 0 Å². The van der Waals surface area contributed by atoms with Gasteiger partial charge in [-0.2, -0.15) is 0 Å². The summed E-state index contributed by atoms with van der Waals surface area (Å²) in [7, 11) is 0. The monoisotopic (exact) mass is 394 g/mol. The maximum Gasteiger partial charge on any atom is 1.00 e.